The van der Waals surface area contributed by atoms with Gasteiger partial charge in [0.2, 0.25) is 0 Å². The molecule has 36 heavy (non-hydrogen) atoms. The normalized spacial score (nSPS) is 15.5. The Morgan fingerprint density at radius 1 is 1.19 bits per heavy atom. The number of furan rings is 1. The molecule has 1 atom stereocenters. The van der Waals surface area contributed by atoms with Crippen LogP contribution in [0.1, 0.15) is 40.9 Å². The first-order valence-corrected chi connectivity index (χ1v) is 12.7. The molecule has 4 aromatic rings. The predicted molar refractivity (Wildman–Crippen MR) is 136 cm³/mol. The van der Waals surface area contributed by atoms with Gasteiger partial charge in [-0.15, -0.1) is 11.3 Å². The predicted octanol–water partition coefficient (Wildman–Crippen LogP) is 3.82. The minimum Gasteiger partial charge on any atom is -0.478 e. The van der Waals surface area contributed by atoms with E-state index < -0.39 is 18.0 Å². The minimum absolute atomic E-state index is 0.185. The summed E-state index contributed by atoms with van der Waals surface area (Å²) in [5, 5.41) is 11.0. The summed E-state index contributed by atoms with van der Waals surface area (Å²) >= 11 is 2.68. The molecule has 0 unspecified atom stereocenters. The van der Waals surface area contributed by atoms with Gasteiger partial charge in [-0.25, -0.2) is 14.6 Å². The molecule has 0 saturated heterocycles. The van der Waals surface area contributed by atoms with E-state index in [4.69, 9.17) is 14.3 Å². The van der Waals surface area contributed by atoms with Crippen LogP contribution in [-0.2, 0) is 9.53 Å². The number of esters is 1. The van der Waals surface area contributed by atoms with Crippen molar-refractivity contribution in [3.05, 3.63) is 101 Å². The zero-order chi connectivity index (χ0) is 25.4. The van der Waals surface area contributed by atoms with Crippen molar-refractivity contribution in [3.63, 3.8) is 0 Å². The summed E-state index contributed by atoms with van der Waals surface area (Å²) in [6, 6.07) is 13.0. The Kier molecular flexibility index (Phi) is 6.29. The summed E-state index contributed by atoms with van der Waals surface area (Å²) in [6.07, 6.45) is 1.65. The lowest BCUT2D eigenvalue weighted by atomic mass is 10.0. The zero-order valence-electron chi connectivity index (χ0n) is 19.3. The number of rotatable bonds is 6. The molecule has 182 valence electrons. The molecule has 4 heterocycles. The summed E-state index contributed by atoms with van der Waals surface area (Å²) in [5.41, 5.74) is 1.49. The summed E-state index contributed by atoms with van der Waals surface area (Å²) in [7, 11) is 0. The van der Waals surface area contributed by atoms with Crippen molar-refractivity contribution in [2.75, 3.05) is 6.61 Å². The van der Waals surface area contributed by atoms with Crippen LogP contribution in [0.25, 0.3) is 17.4 Å². The molecule has 1 aliphatic heterocycles. The van der Waals surface area contributed by atoms with Crippen LogP contribution in [0.2, 0.25) is 0 Å². The van der Waals surface area contributed by atoms with Gasteiger partial charge in [-0.1, -0.05) is 29.5 Å². The van der Waals surface area contributed by atoms with Crippen LogP contribution in [0.5, 0.6) is 0 Å². The molecule has 8 nitrogen and oxygen atoms in total. The molecule has 5 rings (SSSR count). The lowest BCUT2D eigenvalue weighted by Gasteiger charge is -2.23. The molecule has 0 saturated carbocycles. The van der Waals surface area contributed by atoms with E-state index in [1.165, 1.54) is 39.4 Å². The largest absolute Gasteiger partial charge is 0.478 e. The highest BCUT2D eigenvalue weighted by Crippen LogP contribution is 2.33. The molecular weight excluding hydrogens is 500 g/mol. The van der Waals surface area contributed by atoms with Crippen LogP contribution in [0.3, 0.4) is 0 Å². The average Bonchev–Trinajstić information content (AvgIpc) is 3.60. The fourth-order valence-corrected chi connectivity index (χ4v) is 5.85. The van der Waals surface area contributed by atoms with Crippen molar-refractivity contribution in [1.29, 1.82) is 0 Å². The van der Waals surface area contributed by atoms with Crippen LogP contribution in [0, 0.1) is 0 Å². The fraction of sp³-hybridized carbons (Fsp3) is 0.154. The summed E-state index contributed by atoms with van der Waals surface area (Å²) < 4.78 is 13.1. The first-order chi connectivity index (χ1) is 17.4. The third-order valence-corrected chi connectivity index (χ3v) is 7.55. The summed E-state index contributed by atoms with van der Waals surface area (Å²) in [5.74, 6) is -0.482. The Balaban J connectivity index is 1.57. The molecule has 0 fully saturated rings. The molecule has 3 aromatic heterocycles. The highest BCUT2D eigenvalue weighted by atomic mass is 32.1. The third kappa shape index (κ3) is 4.25. The maximum Gasteiger partial charge on any atom is 0.338 e. The van der Waals surface area contributed by atoms with Crippen molar-refractivity contribution in [2.45, 2.75) is 19.9 Å². The maximum atomic E-state index is 13.5. The smallest absolute Gasteiger partial charge is 0.338 e. The minimum atomic E-state index is -1.00. The van der Waals surface area contributed by atoms with E-state index >= 15 is 0 Å². The Bertz CT molecular complexity index is 1670. The molecule has 1 N–H and O–H groups in total. The zero-order valence-corrected chi connectivity index (χ0v) is 20.9. The Hall–Kier alpha value is -4.02. The SMILES string of the molecule is CCOC(=O)C1=C(C)N=c2s/c(=C\c3ccc(-c4ccc(C(=O)O)cc4)o3)c(=O)n2[C@@H]1c1cccs1. The molecule has 0 bridgehead atoms. The Morgan fingerprint density at radius 3 is 2.64 bits per heavy atom. The number of thiazole rings is 1. The number of aromatic nitrogens is 1. The summed E-state index contributed by atoms with van der Waals surface area (Å²) in [4.78, 5) is 43.3. The number of nitrogens with zero attached hydrogens (tertiary/aromatic N) is 2. The molecule has 0 aliphatic carbocycles. The van der Waals surface area contributed by atoms with E-state index in [-0.39, 0.29) is 17.7 Å². The highest BCUT2D eigenvalue weighted by Gasteiger charge is 2.33. The lowest BCUT2D eigenvalue weighted by Crippen LogP contribution is -2.39. The van der Waals surface area contributed by atoms with Crippen LogP contribution in [0.4, 0.5) is 0 Å². The van der Waals surface area contributed by atoms with Gasteiger partial charge in [0.25, 0.3) is 5.56 Å². The number of carboxylic acid groups (broad SMARTS) is 1. The maximum absolute atomic E-state index is 13.5. The van der Waals surface area contributed by atoms with E-state index in [1.807, 2.05) is 17.5 Å². The van der Waals surface area contributed by atoms with E-state index in [2.05, 4.69) is 4.99 Å². The lowest BCUT2D eigenvalue weighted by molar-refractivity contribution is -0.139. The standard InChI is InChI=1S/C26H20N2O6S2/c1-3-33-25(32)21-14(2)27-26-28(22(21)19-5-4-12-35-19)23(29)20(36-26)13-17-10-11-18(34-17)15-6-8-16(9-7-15)24(30)31/h4-13,22H,3H2,1-2H3,(H,30,31)/b20-13-/t22-/m1/s1. The number of carbonyl (C=O) groups excluding carboxylic acids is 1. The van der Waals surface area contributed by atoms with Gasteiger partial charge in [-0.05, 0) is 49.6 Å². The number of carboxylic acids is 1. The Labute approximate surface area is 212 Å². The first kappa shape index (κ1) is 23.7. The van der Waals surface area contributed by atoms with Gasteiger partial charge in [0.15, 0.2) is 4.80 Å². The van der Waals surface area contributed by atoms with Crippen LogP contribution in [-0.4, -0.2) is 28.2 Å². The number of benzene rings is 1. The number of ether oxygens (including phenoxy) is 1. The summed E-state index contributed by atoms with van der Waals surface area (Å²) in [6.45, 7) is 3.71. The van der Waals surface area contributed by atoms with Crippen molar-refractivity contribution in [3.8, 4) is 11.3 Å². The molecule has 10 heteroatoms. The molecular formula is C26H20N2O6S2. The first-order valence-electron chi connectivity index (χ1n) is 11.0. The van der Waals surface area contributed by atoms with Crippen LogP contribution < -0.4 is 14.9 Å². The fourth-order valence-electron chi connectivity index (χ4n) is 4.00. The second kappa shape index (κ2) is 9.56. The highest BCUT2D eigenvalue weighted by molar-refractivity contribution is 7.10. The van der Waals surface area contributed by atoms with E-state index in [9.17, 15) is 14.4 Å². The molecule has 0 spiro atoms. The second-order valence-corrected chi connectivity index (χ2v) is 9.89. The number of allylic oxidation sites excluding steroid dienone is 1. The number of hydrogen-bond acceptors (Lipinski definition) is 8. The third-order valence-electron chi connectivity index (χ3n) is 5.65. The number of aromatic carboxylic acids is 1. The van der Waals surface area contributed by atoms with E-state index in [0.717, 1.165) is 4.88 Å². The number of thiophene rings is 1. The molecule has 1 aromatic carbocycles. The van der Waals surface area contributed by atoms with Crippen LogP contribution in [0.15, 0.2) is 79.4 Å². The molecule has 1 aliphatic rings. The van der Waals surface area contributed by atoms with Gasteiger partial charge in [0, 0.05) is 16.5 Å². The van der Waals surface area contributed by atoms with Crippen LogP contribution >= 0.6 is 22.7 Å². The van der Waals surface area contributed by atoms with Crippen molar-refractivity contribution in [1.82, 2.24) is 4.57 Å². The van der Waals surface area contributed by atoms with Gasteiger partial charge in [0.05, 0.1) is 28.0 Å². The van der Waals surface area contributed by atoms with Gasteiger partial charge < -0.3 is 14.3 Å². The molecule has 0 radical (unpaired) electrons. The molecule has 0 amide bonds. The number of carbonyl (C=O) groups is 2. The van der Waals surface area contributed by atoms with E-state index in [0.29, 0.717) is 37.7 Å². The van der Waals surface area contributed by atoms with Gasteiger partial charge in [-0.2, -0.15) is 0 Å². The average molecular weight is 521 g/mol. The van der Waals surface area contributed by atoms with E-state index in [1.54, 1.807) is 44.2 Å². The van der Waals surface area contributed by atoms with Crippen molar-refractivity contribution < 1.29 is 23.8 Å². The monoisotopic (exact) mass is 520 g/mol. The topological polar surface area (TPSA) is 111 Å². The number of hydrogen-bond donors (Lipinski definition) is 1. The van der Waals surface area contributed by atoms with Gasteiger partial charge >= 0.3 is 11.9 Å². The second-order valence-electron chi connectivity index (χ2n) is 7.90. The van der Waals surface area contributed by atoms with Crippen molar-refractivity contribution in [2.24, 2.45) is 4.99 Å². The Morgan fingerprint density at radius 2 is 1.97 bits per heavy atom. The number of fused-ring (bicyclic) bond motifs is 1. The quantitative estimate of drug-likeness (QED) is 0.387. The van der Waals surface area contributed by atoms with Gasteiger partial charge in [-0.3, -0.25) is 9.36 Å². The van der Waals surface area contributed by atoms with Gasteiger partial charge in [0.1, 0.15) is 17.6 Å². The van der Waals surface area contributed by atoms with Crippen molar-refractivity contribution >= 4 is 40.7 Å².